The molecule has 0 saturated heterocycles. The maximum Gasteiger partial charge on any atom is 0 e. The molecule has 0 aromatic heterocycles. The van der Waals surface area contributed by atoms with Crippen LogP contribution in [0.15, 0.2) is 0 Å². The summed E-state index contributed by atoms with van der Waals surface area (Å²) in [6.45, 7) is 16.5. The molecule has 0 heterocycles. The van der Waals surface area contributed by atoms with Gasteiger partial charge in [0.05, 0.1) is 0 Å². The first-order chi connectivity index (χ1) is 6.54. The Balaban J connectivity index is -0.0000000480. The molecule has 0 aliphatic rings. The second-order valence-electron chi connectivity index (χ2n) is 4.78. The Morgan fingerprint density at radius 1 is 0.706 bits per heavy atom. The van der Waals surface area contributed by atoms with Crippen molar-refractivity contribution < 1.29 is 36.8 Å². The maximum absolute atomic E-state index is 3.76. The molecule has 0 aliphatic carbocycles. The molecule has 17 heavy (non-hydrogen) atoms. The van der Waals surface area contributed by atoms with Gasteiger partial charge in [0, 0.05) is 25.8 Å². The van der Waals surface area contributed by atoms with E-state index in [1.807, 2.05) is 0 Å². The molecule has 0 fully saturated rings. The largest absolute Gasteiger partial charge is 0.412 e. The van der Waals surface area contributed by atoms with Crippen LogP contribution in [0.2, 0.25) is 0 Å². The predicted molar refractivity (Wildman–Crippen MR) is 75.3 cm³/mol. The summed E-state index contributed by atoms with van der Waals surface area (Å²) in [5.74, 6) is 1.73. The smallest absolute Gasteiger partial charge is 0 e. The molecular weight excluding hydrogens is 379 g/mol. The zero-order chi connectivity index (χ0) is 11.4. The van der Waals surface area contributed by atoms with Crippen LogP contribution in [0.1, 0.15) is 66.2 Å². The second kappa shape index (κ2) is 25.6. The molecule has 0 radical (unpaired) electrons. The Kier molecular flexibility index (Phi) is 46.1. The van der Waals surface area contributed by atoms with Crippen molar-refractivity contribution in [3.63, 3.8) is 0 Å². The number of rotatable bonds is 6. The summed E-state index contributed by atoms with van der Waals surface area (Å²) >= 11 is 0. The van der Waals surface area contributed by atoms with Crippen molar-refractivity contribution in [3.8, 4) is 0 Å². The van der Waals surface area contributed by atoms with Crippen LogP contribution in [0.3, 0.4) is 0 Å². The van der Waals surface area contributed by atoms with Gasteiger partial charge in [-0.3, -0.25) is 0 Å². The normalized spacial score (nSPS) is 8.47. The molecule has 0 saturated carbocycles. The monoisotopic (exact) mass is 414 g/mol. The van der Waals surface area contributed by atoms with E-state index in [1.165, 1.54) is 25.7 Å². The van der Waals surface area contributed by atoms with Crippen LogP contribution in [-0.2, 0) is 25.8 Å². The van der Waals surface area contributed by atoms with Gasteiger partial charge in [0.15, 0.2) is 0 Å². The van der Waals surface area contributed by atoms with Gasteiger partial charge in [-0.25, -0.2) is 0 Å². The Morgan fingerprint density at radius 2 is 0.941 bits per heavy atom. The Labute approximate surface area is 128 Å². The third-order valence-electron chi connectivity index (χ3n) is 2.06. The molecule has 0 aliphatic heterocycles. The average molecular weight is 413 g/mol. The minimum absolute atomic E-state index is 0. The molecule has 0 bridgehead atoms. The first-order valence-corrected chi connectivity index (χ1v) is 6.13. The van der Waals surface area contributed by atoms with Crippen molar-refractivity contribution in [2.75, 3.05) is 0 Å². The minimum atomic E-state index is 0. The Morgan fingerprint density at radius 3 is 1.00 bits per heavy atom. The van der Waals surface area contributed by atoms with E-state index in [2.05, 4.69) is 41.5 Å². The minimum Gasteiger partial charge on any atom is -0.412 e. The van der Waals surface area contributed by atoms with E-state index in [4.69, 9.17) is 0 Å². The number of hydrogen-bond donors (Lipinski definition) is 0. The van der Waals surface area contributed by atoms with Gasteiger partial charge in [0.2, 0.25) is 0 Å². The molecule has 0 rings (SSSR count). The van der Waals surface area contributed by atoms with Crippen molar-refractivity contribution >= 4 is 0 Å². The van der Waals surface area contributed by atoms with Gasteiger partial charge >= 0.3 is 0 Å². The van der Waals surface area contributed by atoms with Gasteiger partial charge in [-0.15, -0.1) is 0 Å². The number of unbranched alkanes of at least 4 members (excludes halogenated alkanes) is 2. The third-order valence-corrected chi connectivity index (χ3v) is 2.06. The molecule has 0 amide bonds. The van der Waals surface area contributed by atoms with E-state index in [-0.39, 0.29) is 36.8 Å². The summed E-state index contributed by atoms with van der Waals surface area (Å²) in [4.78, 5) is 0. The quantitative estimate of drug-likeness (QED) is 0.472. The predicted octanol–water partition coefficient (Wildman–Crippen LogP) is 3.64. The molecule has 4 N–H and O–H groups in total. The van der Waals surface area contributed by atoms with Gasteiger partial charge in [-0.05, 0) is 11.8 Å². The first kappa shape index (κ1) is 30.7. The van der Waals surface area contributed by atoms with Crippen molar-refractivity contribution in [2.24, 2.45) is 11.8 Å². The zero-order valence-electron chi connectivity index (χ0n) is 12.3. The Bertz CT molecular complexity index is 84.2. The molecule has 3 heteroatoms. The van der Waals surface area contributed by atoms with E-state index < -0.39 is 0 Å². The molecule has 0 atom stereocenters. The summed E-state index contributed by atoms with van der Waals surface area (Å²) < 4.78 is 0. The van der Waals surface area contributed by atoms with Crippen LogP contribution in [-0.4, -0.2) is 11.0 Å². The summed E-state index contributed by atoms with van der Waals surface area (Å²) in [6.07, 6.45) is 7.44. The third kappa shape index (κ3) is 47.5. The van der Waals surface area contributed by atoms with Gasteiger partial charge in [0.1, 0.15) is 0 Å². The molecule has 0 unspecified atom stereocenters. The van der Waals surface area contributed by atoms with Gasteiger partial charge < -0.3 is 24.8 Å². The van der Waals surface area contributed by atoms with Gasteiger partial charge in [0.25, 0.3) is 0 Å². The summed E-state index contributed by atoms with van der Waals surface area (Å²) in [5.41, 5.74) is 0. The van der Waals surface area contributed by atoms with Crippen LogP contribution in [0.25, 0.3) is 0 Å². The summed E-state index contributed by atoms with van der Waals surface area (Å²) in [7, 11) is 0. The SMILES string of the molecule is O.O.[CH2-]CCCC(C)C.[CH2-]CCCC(C)C.[Hf]. The maximum atomic E-state index is 3.76. The van der Waals surface area contributed by atoms with E-state index >= 15 is 0 Å². The van der Waals surface area contributed by atoms with Crippen molar-refractivity contribution in [2.45, 2.75) is 66.2 Å². The molecular formula is C14H34HfO2-2. The topological polar surface area (TPSA) is 63.0 Å². The van der Waals surface area contributed by atoms with E-state index in [0.717, 1.165) is 24.7 Å². The first-order valence-electron chi connectivity index (χ1n) is 6.13. The summed E-state index contributed by atoms with van der Waals surface area (Å²) in [5, 5.41) is 0. The van der Waals surface area contributed by atoms with Crippen LogP contribution in [0.5, 0.6) is 0 Å². The number of hydrogen-bond acceptors (Lipinski definition) is 0. The van der Waals surface area contributed by atoms with E-state index in [0.29, 0.717) is 0 Å². The van der Waals surface area contributed by atoms with Crippen LogP contribution < -0.4 is 0 Å². The second-order valence-corrected chi connectivity index (χ2v) is 4.78. The average Bonchev–Trinajstić information content (AvgIpc) is 2.12. The van der Waals surface area contributed by atoms with E-state index in [1.54, 1.807) is 0 Å². The molecule has 108 valence electrons. The van der Waals surface area contributed by atoms with E-state index in [9.17, 15) is 0 Å². The van der Waals surface area contributed by atoms with Crippen LogP contribution in [0, 0.1) is 25.7 Å². The van der Waals surface area contributed by atoms with Gasteiger partial charge in [-0.2, -0.15) is 12.8 Å². The fourth-order valence-corrected chi connectivity index (χ4v) is 1.11. The van der Waals surface area contributed by atoms with Crippen molar-refractivity contribution in [1.29, 1.82) is 0 Å². The molecule has 2 nitrogen and oxygen atoms in total. The van der Waals surface area contributed by atoms with Crippen molar-refractivity contribution in [3.05, 3.63) is 13.8 Å². The summed E-state index contributed by atoms with van der Waals surface area (Å²) in [6, 6.07) is 0. The van der Waals surface area contributed by atoms with Crippen LogP contribution >= 0.6 is 0 Å². The molecule has 0 spiro atoms. The molecule has 0 aromatic rings. The standard InChI is InChI=1S/2C7H15.Hf.2H2O/c2*1-4-5-6-7(2)3;;;/h2*7H,1,4-6H2,2-3H3;;2*1H2/q2*-1;;;. The zero-order valence-corrected chi connectivity index (χ0v) is 15.9. The fraction of sp³-hybridized carbons (Fsp3) is 0.857. The fourth-order valence-electron chi connectivity index (χ4n) is 1.11. The Hall–Kier alpha value is 0.790. The molecule has 0 aromatic carbocycles. The van der Waals surface area contributed by atoms with Crippen molar-refractivity contribution in [1.82, 2.24) is 0 Å². The van der Waals surface area contributed by atoms with Gasteiger partial charge in [-0.1, -0.05) is 53.4 Å². The van der Waals surface area contributed by atoms with Crippen LogP contribution in [0.4, 0.5) is 0 Å².